The number of hydrogen-bond donors (Lipinski definition) is 1. The zero-order chi connectivity index (χ0) is 15.2. The lowest BCUT2D eigenvalue weighted by molar-refractivity contribution is -0.134. The fourth-order valence-electron chi connectivity index (χ4n) is 3.49. The van der Waals surface area contributed by atoms with E-state index in [0.717, 1.165) is 19.5 Å². The zero-order valence-electron chi connectivity index (χ0n) is 14.0. The van der Waals surface area contributed by atoms with Gasteiger partial charge in [-0.25, -0.2) is 0 Å². The van der Waals surface area contributed by atoms with Crippen LogP contribution >= 0.6 is 0 Å². The van der Waals surface area contributed by atoms with Crippen molar-refractivity contribution >= 4 is 5.91 Å². The first-order valence-electron chi connectivity index (χ1n) is 8.44. The highest BCUT2D eigenvalue weighted by atomic mass is 16.2. The number of carbonyl (C=O) groups is 1. The Labute approximate surface area is 125 Å². The topological polar surface area (TPSA) is 46.3 Å². The first kappa shape index (κ1) is 17.5. The second-order valence-corrected chi connectivity index (χ2v) is 7.02. The van der Waals surface area contributed by atoms with Crippen molar-refractivity contribution < 1.29 is 4.79 Å². The number of nitrogens with two attached hydrogens (primary N) is 1. The van der Waals surface area contributed by atoms with Gasteiger partial charge in [0.1, 0.15) is 0 Å². The lowest BCUT2D eigenvalue weighted by atomic mass is 9.74. The molecule has 1 fully saturated rings. The second-order valence-electron chi connectivity index (χ2n) is 7.02. The Balaban J connectivity index is 2.46. The predicted molar refractivity (Wildman–Crippen MR) is 85.4 cm³/mol. The molecular formula is C17H34N2O. The van der Waals surface area contributed by atoms with Crippen LogP contribution in [0.15, 0.2) is 0 Å². The van der Waals surface area contributed by atoms with Gasteiger partial charge >= 0.3 is 0 Å². The molecule has 1 atom stereocenters. The SMILES string of the molecule is CCC1(CC)CCN(C(=O)CC(CN)CC(C)C)CC1. The molecule has 1 aliphatic heterocycles. The van der Waals surface area contributed by atoms with Gasteiger partial charge in [-0.3, -0.25) is 4.79 Å². The summed E-state index contributed by atoms with van der Waals surface area (Å²) in [6, 6.07) is 0. The molecule has 0 spiro atoms. The molecule has 0 aromatic heterocycles. The van der Waals surface area contributed by atoms with Gasteiger partial charge in [0.15, 0.2) is 0 Å². The minimum atomic E-state index is 0.321. The molecule has 1 saturated heterocycles. The van der Waals surface area contributed by atoms with E-state index in [4.69, 9.17) is 5.73 Å². The van der Waals surface area contributed by atoms with Crippen molar-refractivity contribution in [3.63, 3.8) is 0 Å². The van der Waals surface area contributed by atoms with E-state index < -0.39 is 0 Å². The van der Waals surface area contributed by atoms with E-state index in [2.05, 4.69) is 32.6 Å². The normalized spacial score (nSPS) is 20.2. The van der Waals surface area contributed by atoms with Crippen molar-refractivity contribution in [1.29, 1.82) is 0 Å². The molecule has 0 radical (unpaired) electrons. The van der Waals surface area contributed by atoms with E-state index in [1.54, 1.807) is 0 Å². The standard InChI is InChI=1S/C17H34N2O/c1-5-17(6-2)7-9-19(10-8-17)16(20)12-15(13-18)11-14(3)4/h14-15H,5-13,18H2,1-4H3. The summed E-state index contributed by atoms with van der Waals surface area (Å²) in [5.41, 5.74) is 6.30. The van der Waals surface area contributed by atoms with Crippen LogP contribution < -0.4 is 5.73 Å². The summed E-state index contributed by atoms with van der Waals surface area (Å²) in [7, 11) is 0. The van der Waals surface area contributed by atoms with Gasteiger partial charge in [-0.1, -0.05) is 40.5 Å². The molecular weight excluding hydrogens is 248 g/mol. The zero-order valence-corrected chi connectivity index (χ0v) is 14.0. The molecule has 3 heteroatoms. The van der Waals surface area contributed by atoms with Gasteiger partial charge in [0.05, 0.1) is 0 Å². The number of carbonyl (C=O) groups excluding carboxylic acids is 1. The second kappa shape index (κ2) is 8.02. The summed E-state index contributed by atoms with van der Waals surface area (Å²) in [4.78, 5) is 14.5. The molecule has 0 bridgehead atoms. The van der Waals surface area contributed by atoms with E-state index in [9.17, 15) is 4.79 Å². The summed E-state index contributed by atoms with van der Waals surface area (Å²) < 4.78 is 0. The Morgan fingerprint density at radius 3 is 2.15 bits per heavy atom. The summed E-state index contributed by atoms with van der Waals surface area (Å²) in [6.45, 7) is 11.5. The van der Waals surface area contributed by atoms with Gasteiger partial charge in [-0.15, -0.1) is 0 Å². The third-order valence-electron chi connectivity index (χ3n) is 5.28. The molecule has 0 saturated carbocycles. The van der Waals surface area contributed by atoms with Crippen LogP contribution in [0.1, 0.15) is 66.2 Å². The minimum absolute atomic E-state index is 0.321. The maximum atomic E-state index is 12.4. The minimum Gasteiger partial charge on any atom is -0.343 e. The average molecular weight is 282 g/mol. The molecule has 3 nitrogen and oxygen atoms in total. The molecule has 20 heavy (non-hydrogen) atoms. The van der Waals surface area contributed by atoms with Crippen LogP contribution in [0.25, 0.3) is 0 Å². The average Bonchev–Trinajstić information content (AvgIpc) is 2.46. The van der Waals surface area contributed by atoms with E-state index in [1.807, 2.05) is 0 Å². The summed E-state index contributed by atoms with van der Waals surface area (Å²) in [5, 5.41) is 0. The predicted octanol–water partition coefficient (Wildman–Crippen LogP) is 3.43. The summed E-state index contributed by atoms with van der Waals surface area (Å²) in [6.07, 6.45) is 6.52. The Hall–Kier alpha value is -0.570. The number of rotatable bonds is 7. The molecule has 1 heterocycles. The van der Waals surface area contributed by atoms with E-state index in [-0.39, 0.29) is 0 Å². The first-order valence-corrected chi connectivity index (χ1v) is 8.44. The monoisotopic (exact) mass is 282 g/mol. The van der Waals surface area contributed by atoms with Crippen LogP contribution in [0.4, 0.5) is 0 Å². The Morgan fingerprint density at radius 2 is 1.75 bits per heavy atom. The van der Waals surface area contributed by atoms with Crippen LogP contribution in [-0.2, 0) is 4.79 Å². The largest absolute Gasteiger partial charge is 0.343 e. The maximum Gasteiger partial charge on any atom is 0.222 e. The highest BCUT2D eigenvalue weighted by Gasteiger charge is 2.33. The number of likely N-dealkylation sites (tertiary alicyclic amines) is 1. The number of hydrogen-bond acceptors (Lipinski definition) is 2. The fourth-order valence-corrected chi connectivity index (χ4v) is 3.49. The van der Waals surface area contributed by atoms with Crippen LogP contribution in [0, 0.1) is 17.3 Å². The van der Waals surface area contributed by atoms with Crippen LogP contribution in [0.3, 0.4) is 0 Å². The molecule has 2 N–H and O–H groups in total. The number of nitrogens with zero attached hydrogens (tertiary/aromatic N) is 1. The first-order chi connectivity index (χ1) is 9.46. The van der Waals surface area contributed by atoms with Gasteiger partial charge in [0.25, 0.3) is 0 Å². The quantitative estimate of drug-likeness (QED) is 0.777. The molecule has 118 valence electrons. The van der Waals surface area contributed by atoms with E-state index in [0.29, 0.717) is 36.1 Å². The van der Waals surface area contributed by atoms with Crippen molar-refractivity contribution in [2.24, 2.45) is 23.0 Å². The van der Waals surface area contributed by atoms with E-state index >= 15 is 0 Å². The van der Waals surface area contributed by atoms with E-state index in [1.165, 1.54) is 25.7 Å². The van der Waals surface area contributed by atoms with Gasteiger partial charge < -0.3 is 10.6 Å². The Kier molecular flexibility index (Phi) is 7.01. The third-order valence-corrected chi connectivity index (χ3v) is 5.28. The van der Waals surface area contributed by atoms with Crippen molar-refractivity contribution in [3.8, 4) is 0 Å². The van der Waals surface area contributed by atoms with Gasteiger partial charge in [-0.2, -0.15) is 0 Å². The molecule has 1 amide bonds. The lowest BCUT2D eigenvalue weighted by Crippen LogP contribution is -2.43. The van der Waals surface area contributed by atoms with Gasteiger partial charge in [0.2, 0.25) is 5.91 Å². The molecule has 1 rings (SSSR count). The maximum absolute atomic E-state index is 12.4. The van der Waals surface area contributed by atoms with Gasteiger partial charge in [-0.05, 0) is 43.1 Å². The third kappa shape index (κ3) is 4.76. The summed E-state index contributed by atoms with van der Waals surface area (Å²) >= 11 is 0. The van der Waals surface area contributed by atoms with Gasteiger partial charge in [0, 0.05) is 19.5 Å². The smallest absolute Gasteiger partial charge is 0.222 e. The molecule has 0 aliphatic carbocycles. The Morgan fingerprint density at radius 1 is 1.20 bits per heavy atom. The summed E-state index contributed by atoms with van der Waals surface area (Å²) in [5.74, 6) is 1.29. The van der Waals surface area contributed by atoms with Crippen LogP contribution in [-0.4, -0.2) is 30.4 Å². The highest BCUT2D eigenvalue weighted by molar-refractivity contribution is 5.76. The molecule has 0 aromatic carbocycles. The van der Waals surface area contributed by atoms with Crippen LogP contribution in [0.5, 0.6) is 0 Å². The van der Waals surface area contributed by atoms with Crippen molar-refractivity contribution in [2.45, 2.75) is 66.2 Å². The fraction of sp³-hybridized carbons (Fsp3) is 0.941. The highest BCUT2D eigenvalue weighted by Crippen LogP contribution is 2.38. The Bertz CT molecular complexity index is 287. The van der Waals surface area contributed by atoms with Crippen LogP contribution in [0.2, 0.25) is 0 Å². The van der Waals surface area contributed by atoms with Crippen molar-refractivity contribution in [2.75, 3.05) is 19.6 Å². The van der Waals surface area contributed by atoms with Crippen molar-refractivity contribution in [1.82, 2.24) is 4.90 Å². The molecule has 1 unspecified atom stereocenters. The van der Waals surface area contributed by atoms with Crippen molar-refractivity contribution in [3.05, 3.63) is 0 Å². The number of piperidine rings is 1. The number of amides is 1. The molecule has 1 aliphatic rings. The lowest BCUT2D eigenvalue weighted by Gasteiger charge is -2.41. The molecule has 0 aromatic rings.